The van der Waals surface area contributed by atoms with Crippen LogP contribution in [0.4, 0.5) is 0 Å². The van der Waals surface area contributed by atoms with Gasteiger partial charge in [0, 0.05) is 24.7 Å². The number of nitrogens with zero attached hydrogens (tertiary/aromatic N) is 2. The Morgan fingerprint density at radius 1 is 0.833 bits per heavy atom. The molecule has 0 saturated heterocycles. The lowest BCUT2D eigenvalue weighted by Gasteiger charge is -2.20. The average molecular weight is 735 g/mol. The quantitative estimate of drug-likeness (QED) is 0.0487. The summed E-state index contributed by atoms with van der Waals surface area (Å²) in [4.78, 5) is 31.1. The van der Waals surface area contributed by atoms with Gasteiger partial charge in [-0.25, -0.2) is 4.98 Å². The number of carbonyl (C=O) groups is 2. The van der Waals surface area contributed by atoms with Gasteiger partial charge in [-0.15, -0.1) is 13.2 Å². The predicted octanol–water partition coefficient (Wildman–Crippen LogP) is 7.30. The van der Waals surface area contributed by atoms with Gasteiger partial charge in [0.1, 0.15) is 6.04 Å². The molecule has 54 heavy (non-hydrogen) atoms. The Morgan fingerprint density at radius 2 is 1.39 bits per heavy atom. The van der Waals surface area contributed by atoms with E-state index in [4.69, 9.17) is 0 Å². The molecule has 1 aromatic heterocycles. The molecule has 284 valence electrons. The van der Waals surface area contributed by atoms with E-state index in [9.17, 15) is 35.1 Å². The van der Waals surface area contributed by atoms with Crippen molar-refractivity contribution in [1.29, 1.82) is 0 Å². The van der Waals surface area contributed by atoms with Crippen LogP contribution in [0.1, 0.15) is 72.4 Å². The third kappa shape index (κ3) is 12.6. The number of hydrogen-bond donors (Lipinski definition) is 7. The van der Waals surface area contributed by atoms with E-state index in [0.29, 0.717) is 17.7 Å². The van der Waals surface area contributed by atoms with Crippen molar-refractivity contribution in [2.24, 2.45) is 0 Å². The van der Waals surface area contributed by atoms with Gasteiger partial charge in [0.25, 0.3) is 5.91 Å². The number of rotatable bonds is 13. The molecule has 5 rings (SSSR count). The first-order chi connectivity index (χ1) is 25.9. The van der Waals surface area contributed by atoms with Crippen molar-refractivity contribution >= 4 is 11.8 Å². The van der Waals surface area contributed by atoms with Crippen molar-refractivity contribution in [3.05, 3.63) is 156 Å². The molecule has 1 atom stereocenters. The zero-order valence-electron chi connectivity index (χ0n) is 30.9. The van der Waals surface area contributed by atoms with Crippen molar-refractivity contribution in [1.82, 2.24) is 20.2 Å². The number of imidazole rings is 1. The molecule has 4 aromatic carbocycles. The summed E-state index contributed by atoms with van der Waals surface area (Å²) in [5.74, 6) is -3.96. The molecule has 2 amide bonds. The normalized spacial score (nSPS) is 10.9. The number of phenolic OH excluding ortho intramolecular Hbond substituents is 5. The number of amides is 2. The molecule has 5 aromatic rings. The van der Waals surface area contributed by atoms with Gasteiger partial charge in [0.15, 0.2) is 28.7 Å². The predicted molar refractivity (Wildman–Crippen MR) is 211 cm³/mol. The fourth-order valence-electron chi connectivity index (χ4n) is 5.01. The van der Waals surface area contributed by atoms with Crippen molar-refractivity contribution in [2.75, 3.05) is 6.54 Å². The first-order valence-corrected chi connectivity index (χ1v) is 17.6. The van der Waals surface area contributed by atoms with Crippen LogP contribution in [0.25, 0.3) is 0 Å². The molecule has 11 heteroatoms. The molecular formula is C43H50N4O7. The maximum Gasteiger partial charge on any atom is 0.252 e. The second kappa shape index (κ2) is 21.1. The summed E-state index contributed by atoms with van der Waals surface area (Å²) in [6.07, 6.45) is 7.90. The van der Waals surface area contributed by atoms with Crippen molar-refractivity contribution < 1.29 is 35.1 Å². The van der Waals surface area contributed by atoms with Crippen LogP contribution < -0.4 is 10.6 Å². The summed E-state index contributed by atoms with van der Waals surface area (Å²) < 4.78 is 1.93. The Labute approximate surface area is 316 Å². The van der Waals surface area contributed by atoms with Gasteiger partial charge in [-0.2, -0.15) is 0 Å². The highest BCUT2D eigenvalue weighted by Gasteiger charge is 2.25. The van der Waals surface area contributed by atoms with Crippen molar-refractivity contribution in [3.8, 4) is 28.7 Å². The third-order valence-electron chi connectivity index (χ3n) is 8.20. The number of aromatic hydroxyl groups is 5. The highest BCUT2D eigenvalue weighted by molar-refractivity contribution is 5.98. The van der Waals surface area contributed by atoms with E-state index < -0.39 is 35.1 Å². The largest absolute Gasteiger partial charge is 0.504 e. The summed E-state index contributed by atoms with van der Waals surface area (Å²) >= 11 is 0. The fourth-order valence-corrected chi connectivity index (χ4v) is 5.01. The summed E-state index contributed by atoms with van der Waals surface area (Å²) in [6, 6.07) is 24.8. The summed E-state index contributed by atoms with van der Waals surface area (Å²) in [6.45, 7) is 13.5. The maximum absolute atomic E-state index is 13.4. The van der Waals surface area contributed by atoms with Crippen LogP contribution in [0.5, 0.6) is 28.7 Å². The monoisotopic (exact) mass is 734 g/mol. The van der Waals surface area contributed by atoms with Crippen molar-refractivity contribution in [3.63, 3.8) is 0 Å². The Kier molecular flexibility index (Phi) is 16.4. The lowest BCUT2D eigenvalue weighted by Crippen LogP contribution is -2.48. The summed E-state index contributed by atoms with van der Waals surface area (Å²) in [5.41, 5.74) is 4.34. The van der Waals surface area contributed by atoms with Crippen LogP contribution in [0.3, 0.4) is 0 Å². The van der Waals surface area contributed by atoms with E-state index in [1.54, 1.807) is 12.4 Å². The van der Waals surface area contributed by atoms with Gasteiger partial charge < -0.3 is 40.7 Å². The minimum Gasteiger partial charge on any atom is -0.504 e. The van der Waals surface area contributed by atoms with Gasteiger partial charge in [-0.3, -0.25) is 9.59 Å². The highest BCUT2D eigenvalue weighted by atomic mass is 16.3. The minimum absolute atomic E-state index is 0.0108. The zero-order chi connectivity index (χ0) is 39.6. The molecule has 0 aliphatic heterocycles. The lowest BCUT2D eigenvalue weighted by molar-refractivity contribution is -0.122. The summed E-state index contributed by atoms with van der Waals surface area (Å²) in [5, 5.41) is 54.2. The van der Waals surface area contributed by atoms with Gasteiger partial charge in [-0.1, -0.05) is 92.2 Å². The lowest BCUT2D eigenvalue weighted by atomic mass is 9.98. The van der Waals surface area contributed by atoms with E-state index in [2.05, 4.69) is 42.6 Å². The van der Waals surface area contributed by atoms with Crippen LogP contribution in [0.15, 0.2) is 128 Å². The van der Waals surface area contributed by atoms with Gasteiger partial charge in [0.05, 0.1) is 18.1 Å². The standard InChI is InChI=1S/C34H32N4O7.C5H10.C4H8/c39-27-12-11-21(15-28(27)40)13-14-35-34(45)26(37-33(44)24-16-29(41)32(43)30(42)17-24)18-25-19-38(20-36-25)31(22-7-3-1-4-8-22)23-9-5-2-6-10-23;1-4-5(2)3;1-3-4-2/h1-12,15-17,19-20,26,31,39-43H,13-14,18H2,(H,35,45)(H,37,44);2,4H2,1,3H3;3H,1,4H2,2H3/t26-;;/m0../s1. The number of allylic oxidation sites excluding steroid dienone is 2. The molecule has 7 N–H and O–H groups in total. The van der Waals surface area contributed by atoms with Crippen LogP contribution >= 0.6 is 0 Å². The first-order valence-electron chi connectivity index (χ1n) is 17.6. The molecule has 0 fully saturated rings. The number of benzene rings is 4. The average Bonchev–Trinajstić information content (AvgIpc) is 3.63. The third-order valence-corrected chi connectivity index (χ3v) is 8.20. The van der Waals surface area contributed by atoms with Crippen LogP contribution in [0.2, 0.25) is 0 Å². The Morgan fingerprint density at radius 3 is 1.89 bits per heavy atom. The van der Waals surface area contributed by atoms with E-state index in [-0.39, 0.29) is 36.1 Å². The molecule has 11 nitrogen and oxygen atoms in total. The number of nitrogens with one attached hydrogen (secondary N) is 2. The molecule has 1 heterocycles. The molecule has 0 aliphatic carbocycles. The first kappa shape index (κ1) is 41.9. The number of phenols is 5. The Bertz CT molecular complexity index is 1910. The minimum atomic E-state index is -1.11. The Hall–Kier alpha value is -6.49. The van der Waals surface area contributed by atoms with Gasteiger partial charge in [-0.05, 0) is 67.1 Å². The van der Waals surface area contributed by atoms with Gasteiger partial charge in [0.2, 0.25) is 5.91 Å². The second-order valence-electron chi connectivity index (χ2n) is 12.5. The molecule has 0 aliphatic rings. The second-order valence-corrected chi connectivity index (χ2v) is 12.5. The zero-order valence-corrected chi connectivity index (χ0v) is 30.9. The Balaban J connectivity index is 0.000000782. The van der Waals surface area contributed by atoms with E-state index in [0.717, 1.165) is 36.1 Å². The smallest absolute Gasteiger partial charge is 0.252 e. The van der Waals surface area contributed by atoms with Gasteiger partial charge >= 0.3 is 0 Å². The fraction of sp³-hybridized carbons (Fsp3) is 0.233. The molecule has 0 bridgehead atoms. The number of hydrogen-bond acceptors (Lipinski definition) is 8. The van der Waals surface area contributed by atoms with E-state index in [1.165, 1.54) is 17.7 Å². The number of carbonyl (C=O) groups excluding carboxylic acids is 2. The van der Waals surface area contributed by atoms with Crippen LogP contribution in [-0.4, -0.2) is 59.5 Å². The van der Waals surface area contributed by atoms with Crippen molar-refractivity contribution in [2.45, 2.75) is 58.5 Å². The molecule has 0 spiro atoms. The SMILES string of the molecule is C=C(C)CC.C=CCC.O=C(N[C@@H](Cc1cn(C(c2ccccc2)c2ccccc2)cn1)C(=O)NCCc1ccc(O)c(O)c1)c1cc(O)c(O)c(O)c1. The summed E-state index contributed by atoms with van der Waals surface area (Å²) in [7, 11) is 0. The molecule has 0 saturated carbocycles. The topological polar surface area (TPSA) is 177 Å². The number of aromatic nitrogens is 2. The van der Waals surface area contributed by atoms with E-state index >= 15 is 0 Å². The van der Waals surface area contributed by atoms with E-state index in [1.807, 2.05) is 84.4 Å². The highest BCUT2D eigenvalue weighted by Crippen LogP contribution is 2.35. The maximum atomic E-state index is 13.4. The molecule has 0 radical (unpaired) electrons. The van der Waals surface area contributed by atoms with Crippen LogP contribution in [-0.2, 0) is 17.6 Å². The molecular weight excluding hydrogens is 684 g/mol. The molecule has 0 unspecified atom stereocenters. The van der Waals surface area contributed by atoms with Crippen LogP contribution in [0, 0.1) is 0 Å².